The highest BCUT2D eigenvalue weighted by atomic mass is 35.5. The molecule has 26 heavy (non-hydrogen) atoms. The first-order valence-electron chi connectivity index (χ1n) is 8.03. The van der Waals surface area contributed by atoms with E-state index in [1.807, 2.05) is 0 Å². The number of alkyl halides is 2. The number of ether oxygens (including phenoxy) is 2. The maximum atomic E-state index is 12.4. The van der Waals surface area contributed by atoms with Crippen LogP contribution in [0.5, 0.6) is 11.5 Å². The smallest absolute Gasteiger partial charge is 0.387 e. The number of aromatic nitrogens is 2. The van der Waals surface area contributed by atoms with Crippen LogP contribution in [0.2, 0.25) is 0 Å². The SMILES string of the molecule is CCOc1cc(/C=C/c2nc(C3(N)CCC3)no2)ccc1OC(F)F.Cl. The lowest BCUT2D eigenvalue weighted by Gasteiger charge is -2.34. The van der Waals surface area contributed by atoms with E-state index in [0.717, 1.165) is 24.8 Å². The number of rotatable bonds is 7. The molecule has 1 heterocycles. The highest BCUT2D eigenvalue weighted by Gasteiger charge is 2.38. The molecule has 1 aliphatic carbocycles. The van der Waals surface area contributed by atoms with Gasteiger partial charge in [0.15, 0.2) is 17.3 Å². The van der Waals surface area contributed by atoms with E-state index in [9.17, 15) is 8.78 Å². The fourth-order valence-corrected chi connectivity index (χ4v) is 2.54. The third-order valence-corrected chi connectivity index (χ3v) is 4.03. The van der Waals surface area contributed by atoms with Crippen molar-refractivity contribution in [2.75, 3.05) is 6.61 Å². The second-order valence-electron chi connectivity index (χ2n) is 5.82. The molecular formula is C17H20ClF2N3O3. The molecule has 1 aliphatic rings. The fourth-order valence-electron chi connectivity index (χ4n) is 2.54. The van der Waals surface area contributed by atoms with E-state index in [1.165, 1.54) is 6.07 Å². The summed E-state index contributed by atoms with van der Waals surface area (Å²) >= 11 is 0. The van der Waals surface area contributed by atoms with Crippen LogP contribution in [0.25, 0.3) is 12.2 Å². The molecule has 1 aromatic heterocycles. The van der Waals surface area contributed by atoms with Crippen molar-refractivity contribution in [3.05, 3.63) is 35.5 Å². The lowest BCUT2D eigenvalue weighted by molar-refractivity contribution is -0.0514. The normalized spacial score (nSPS) is 15.6. The van der Waals surface area contributed by atoms with Crippen LogP contribution in [0.15, 0.2) is 22.7 Å². The molecule has 1 saturated carbocycles. The summed E-state index contributed by atoms with van der Waals surface area (Å²) in [5.41, 5.74) is 6.39. The van der Waals surface area contributed by atoms with Gasteiger partial charge in [0.2, 0.25) is 0 Å². The standard InChI is InChI=1S/C17H19F2N3O3.ClH/c1-2-23-13-10-11(4-6-12(13)24-16(18)19)5-7-14-21-15(22-25-14)17(20)8-3-9-17;/h4-7,10,16H,2-3,8-9,20H2,1H3;1H/b7-5+;. The molecule has 2 aromatic rings. The third-order valence-electron chi connectivity index (χ3n) is 4.03. The van der Waals surface area contributed by atoms with Gasteiger partial charge in [-0.2, -0.15) is 13.8 Å². The van der Waals surface area contributed by atoms with Crippen molar-refractivity contribution in [2.45, 2.75) is 38.3 Å². The number of nitrogens with zero attached hydrogens (tertiary/aromatic N) is 2. The first-order valence-corrected chi connectivity index (χ1v) is 8.03. The monoisotopic (exact) mass is 387 g/mol. The average Bonchev–Trinajstić information content (AvgIpc) is 3.02. The van der Waals surface area contributed by atoms with E-state index in [4.69, 9.17) is 15.0 Å². The van der Waals surface area contributed by atoms with E-state index >= 15 is 0 Å². The van der Waals surface area contributed by atoms with Crippen molar-refractivity contribution < 1.29 is 22.8 Å². The Morgan fingerprint density at radius 2 is 2.08 bits per heavy atom. The molecule has 1 aromatic carbocycles. The molecule has 0 saturated heterocycles. The Hall–Kier alpha value is -2.19. The Labute approximate surface area is 155 Å². The van der Waals surface area contributed by atoms with Crippen LogP contribution >= 0.6 is 12.4 Å². The molecule has 0 aliphatic heterocycles. The number of nitrogens with two attached hydrogens (primary N) is 1. The van der Waals surface area contributed by atoms with E-state index in [-0.39, 0.29) is 23.9 Å². The van der Waals surface area contributed by atoms with Crippen molar-refractivity contribution in [1.29, 1.82) is 0 Å². The minimum Gasteiger partial charge on any atom is -0.490 e. The van der Waals surface area contributed by atoms with Crippen molar-refractivity contribution in [3.8, 4) is 11.5 Å². The van der Waals surface area contributed by atoms with E-state index in [0.29, 0.717) is 18.3 Å². The van der Waals surface area contributed by atoms with Crippen molar-refractivity contribution >= 4 is 24.6 Å². The Morgan fingerprint density at radius 3 is 2.69 bits per heavy atom. The zero-order valence-corrected chi connectivity index (χ0v) is 15.0. The Morgan fingerprint density at radius 1 is 1.31 bits per heavy atom. The quantitative estimate of drug-likeness (QED) is 0.773. The van der Waals surface area contributed by atoms with Gasteiger partial charge in [-0.25, -0.2) is 0 Å². The molecule has 0 amide bonds. The van der Waals surface area contributed by atoms with Gasteiger partial charge in [0.1, 0.15) is 0 Å². The Kier molecular flexibility index (Phi) is 6.55. The minimum atomic E-state index is -2.91. The highest BCUT2D eigenvalue weighted by Crippen LogP contribution is 2.37. The molecule has 6 nitrogen and oxygen atoms in total. The second-order valence-corrected chi connectivity index (χ2v) is 5.82. The fraction of sp³-hybridized carbons (Fsp3) is 0.412. The maximum Gasteiger partial charge on any atom is 0.387 e. The summed E-state index contributed by atoms with van der Waals surface area (Å²) in [6, 6.07) is 4.66. The summed E-state index contributed by atoms with van der Waals surface area (Å²) < 4.78 is 39.8. The predicted molar refractivity (Wildman–Crippen MR) is 94.4 cm³/mol. The van der Waals surface area contributed by atoms with Gasteiger partial charge >= 0.3 is 6.61 Å². The summed E-state index contributed by atoms with van der Waals surface area (Å²) in [6.07, 6.45) is 6.11. The number of benzene rings is 1. The van der Waals surface area contributed by atoms with Crippen molar-refractivity contribution in [2.24, 2.45) is 5.73 Å². The molecule has 0 spiro atoms. The van der Waals surface area contributed by atoms with Crippen LogP contribution in [0, 0.1) is 0 Å². The van der Waals surface area contributed by atoms with Gasteiger partial charge < -0.3 is 19.7 Å². The summed E-state index contributed by atoms with van der Waals surface area (Å²) in [4.78, 5) is 4.29. The van der Waals surface area contributed by atoms with Gasteiger partial charge in [-0.15, -0.1) is 12.4 Å². The van der Waals surface area contributed by atoms with E-state index in [1.54, 1.807) is 31.2 Å². The molecule has 142 valence electrons. The van der Waals surface area contributed by atoms with Gasteiger partial charge in [-0.1, -0.05) is 11.2 Å². The van der Waals surface area contributed by atoms with Gasteiger partial charge in [0.25, 0.3) is 5.89 Å². The summed E-state index contributed by atoms with van der Waals surface area (Å²) in [7, 11) is 0. The van der Waals surface area contributed by atoms with Crippen LogP contribution in [0.1, 0.15) is 43.5 Å². The topological polar surface area (TPSA) is 83.4 Å². The molecule has 0 radical (unpaired) electrons. The lowest BCUT2D eigenvalue weighted by atomic mass is 9.77. The van der Waals surface area contributed by atoms with Gasteiger partial charge in [0.05, 0.1) is 12.1 Å². The molecule has 1 fully saturated rings. The van der Waals surface area contributed by atoms with Crippen LogP contribution < -0.4 is 15.2 Å². The molecule has 0 atom stereocenters. The minimum absolute atomic E-state index is 0. The lowest BCUT2D eigenvalue weighted by Crippen LogP contribution is -2.44. The van der Waals surface area contributed by atoms with E-state index in [2.05, 4.69) is 14.9 Å². The van der Waals surface area contributed by atoms with Gasteiger partial charge in [-0.3, -0.25) is 0 Å². The Balaban J connectivity index is 0.00000243. The van der Waals surface area contributed by atoms with Gasteiger partial charge in [0, 0.05) is 6.08 Å². The third kappa shape index (κ3) is 4.50. The van der Waals surface area contributed by atoms with Crippen molar-refractivity contribution in [1.82, 2.24) is 10.1 Å². The van der Waals surface area contributed by atoms with Crippen LogP contribution in [0.4, 0.5) is 8.78 Å². The number of hydrogen-bond acceptors (Lipinski definition) is 6. The molecule has 0 bridgehead atoms. The first-order chi connectivity index (χ1) is 12.0. The van der Waals surface area contributed by atoms with E-state index < -0.39 is 12.2 Å². The molecule has 3 rings (SSSR count). The molecule has 0 unspecified atom stereocenters. The summed E-state index contributed by atoms with van der Waals surface area (Å²) in [6.45, 7) is -0.816. The average molecular weight is 388 g/mol. The predicted octanol–water partition coefficient (Wildman–Crippen LogP) is 4.00. The first kappa shape index (κ1) is 20.1. The number of hydrogen-bond donors (Lipinski definition) is 1. The zero-order valence-electron chi connectivity index (χ0n) is 14.2. The Bertz CT molecular complexity index is 763. The number of halogens is 3. The zero-order chi connectivity index (χ0) is 17.9. The van der Waals surface area contributed by atoms with Crippen LogP contribution in [-0.4, -0.2) is 23.4 Å². The maximum absolute atomic E-state index is 12.4. The van der Waals surface area contributed by atoms with Gasteiger partial charge in [-0.05, 0) is 50.0 Å². The van der Waals surface area contributed by atoms with Crippen molar-refractivity contribution in [3.63, 3.8) is 0 Å². The summed E-state index contributed by atoms with van der Waals surface area (Å²) in [5, 5.41) is 3.93. The second kappa shape index (κ2) is 8.46. The van der Waals surface area contributed by atoms with Crippen LogP contribution in [-0.2, 0) is 5.54 Å². The molecular weight excluding hydrogens is 368 g/mol. The summed E-state index contributed by atoms with van der Waals surface area (Å²) in [5.74, 6) is 1.07. The largest absolute Gasteiger partial charge is 0.490 e. The highest BCUT2D eigenvalue weighted by molar-refractivity contribution is 5.85. The molecule has 9 heteroatoms. The molecule has 2 N–H and O–H groups in total. The van der Waals surface area contributed by atoms with Crippen LogP contribution in [0.3, 0.4) is 0 Å².